The average molecular weight is 275 g/mol. The maximum atomic E-state index is 11.5. The van der Waals surface area contributed by atoms with Crippen molar-refractivity contribution in [2.45, 2.75) is 6.92 Å². The smallest absolute Gasteiger partial charge is 0.287 e. The molecule has 0 unspecified atom stereocenters. The number of rotatable bonds is 5. The monoisotopic (exact) mass is 275 g/mol. The van der Waals surface area contributed by atoms with E-state index in [2.05, 4.69) is 15.8 Å². The van der Waals surface area contributed by atoms with E-state index in [1.807, 2.05) is 0 Å². The van der Waals surface area contributed by atoms with Crippen molar-refractivity contribution in [3.05, 3.63) is 48.3 Å². The second kappa shape index (κ2) is 6.37. The summed E-state index contributed by atoms with van der Waals surface area (Å²) < 4.78 is 10.0. The second-order valence-corrected chi connectivity index (χ2v) is 3.87. The zero-order chi connectivity index (χ0) is 14.4. The van der Waals surface area contributed by atoms with Crippen LogP contribution in [0.25, 0.3) is 0 Å². The number of carbonyl (C=O) groups is 2. The zero-order valence-corrected chi connectivity index (χ0v) is 10.8. The lowest BCUT2D eigenvalue weighted by atomic mass is 10.3. The normalized spacial score (nSPS) is 11.2. The highest BCUT2D eigenvalue weighted by Crippen LogP contribution is 2.01. The van der Waals surface area contributed by atoms with Crippen molar-refractivity contribution < 1.29 is 18.4 Å². The van der Waals surface area contributed by atoms with Gasteiger partial charge in [0.25, 0.3) is 11.8 Å². The molecular formula is C13H13N3O4. The van der Waals surface area contributed by atoms with Gasteiger partial charge in [0.05, 0.1) is 19.1 Å². The Hall–Kier alpha value is -2.83. The van der Waals surface area contributed by atoms with Gasteiger partial charge in [-0.2, -0.15) is 5.10 Å². The summed E-state index contributed by atoms with van der Waals surface area (Å²) in [5, 5.41) is 6.26. The van der Waals surface area contributed by atoms with E-state index < -0.39 is 11.8 Å². The summed E-state index contributed by atoms with van der Waals surface area (Å²) in [7, 11) is 0. The number of furan rings is 2. The fraction of sp³-hybridized carbons (Fsp3) is 0.154. The van der Waals surface area contributed by atoms with Crippen LogP contribution in [0, 0.1) is 0 Å². The first-order valence-corrected chi connectivity index (χ1v) is 5.85. The summed E-state index contributed by atoms with van der Waals surface area (Å²) in [6.07, 6.45) is 2.89. The van der Waals surface area contributed by atoms with Crippen molar-refractivity contribution in [1.29, 1.82) is 0 Å². The molecule has 0 aliphatic heterocycles. The molecule has 2 aromatic heterocycles. The first-order chi connectivity index (χ1) is 9.66. The van der Waals surface area contributed by atoms with Crippen molar-refractivity contribution in [3.8, 4) is 0 Å². The van der Waals surface area contributed by atoms with E-state index in [1.165, 1.54) is 18.6 Å². The third-order valence-electron chi connectivity index (χ3n) is 2.38. The molecule has 20 heavy (non-hydrogen) atoms. The molecule has 0 saturated heterocycles. The highest BCUT2D eigenvalue weighted by Gasteiger charge is 2.10. The Labute approximate surface area is 114 Å². The summed E-state index contributed by atoms with van der Waals surface area (Å²) in [6.45, 7) is 1.50. The molecule has 2 amide bonds. The van der Waals surface area contributed by atoms with Crippen LogP contribution in [0.2, 0.25) is 0 Å². The van der Waals surface area contributed by atoms with Crippen molar-refractivity contribution in [2.75, 3.05) is 6.54 Å². The van der Waals surface area contributed by atoms with E-state index in [-0.39, 0.29) is 12.3 Å². The van der Waals surface area contributed by atoms with Crippen molar-refractivity contribution in [1.82, 2.24) is 10.7 Å². The van der Waals surface area contributed by atoms with Crippen LogP contribution < -0.4 is 10.7 Å². The second-order valence-electron chi connectivity index (χ2n) is 3.87. The van der Waals surface area contributed by atoms with Gasteiger partial charge in [-0.3, -0.25) is 9.59 Å². The van der Waals surface area contributed by atoms with Crippen molar-refractivity contribution in [3.63, 3.8) is 0 Å². The number of hydrogen-bond acceptors (Lipinski definition) is 5. The van der Waals surface area contributed by atoms with Crippen LogP contribution >= 0.6 is 0 Å². The van der Waals surface area contributed by atoms with Gasteiger partial charge in [-0.25, -0.2) is 5.43 Å². The Morgan fingerprint density at radius 3 is 2.40 bits per heavy atom. The predicted molar refractivity (Wildman–Crippen MR) is 70.1 cm³/mol. The van der Waals surface area contributed by atoms with Gasteiger partial charge in [0.2, 0.25) is 0 Å². The SMILES string of the molecule is C/C(=N/NC(=O)CNC(=O)c1ccco1)c1ccco1. The first-order valence-electron chi connectivity index (χ1n) is 5.85. The van der Waals surface area contributed by atoms with Gasteiger partial charge in [-0.1, -0.05) is 0 Å². The van der Waals surface area contributed by atoms with Crippen molar-refractivity contribution >= 4 is 17.5 Å². The Kier molecular flexibility index (Phi) is 4.33. The van der Waals surface area contributed by atoms with E-state index in [0.29, 0.717) is 11.5 Å². The van der Waals surface area contributed by atoms with Gasteiger partial charge in [-0.05, 0) is 31.2 Å². The lowest BCUT2D eigenvalue weighted by molar-refractivity contribution is -0.120. The van der Waals surface area contributed by atoms with Crippen LogP contribution in [0.1, 0.15) is 23.2 Å². The Morgan fingerprint density at radius 1 is 1.15 bits per heavy atom. The van der Waals surface area contributed by atoms with Gasteiger partial charge in [0.1, 0.15) is 11.5 Å². The summed E-state index contributed by atoms with van der Waals surface area (Å²) in [4.78, 5) is 23.0. The minimum Gasteiger partial charge on any atom is -0.463 e. The standard InChI is InChI=1S/C13H13N3O4/c1-9(10-4-2-6-19-10)15-16-12(17)8-14-13(18)11-5-3-7-20-11/h2-7H,8H2,1H3,(H,14,18)(H,16,17)/b15-9-. The maximum absolute atomic E-state index is 11.5. The highest BCUT2D eigenvalue weighted by molar-refractivity contribution is 5.97. The molecule has 2 heterocycles. The fourth-order valence-corrected chi connectivity index (χ4v) is 1.38. The lowest BCUT2D eigenvalue weighted by Crippen LogP contribution is -2.35. The minimum atomic E-state index is -0.461. The van der Waals surface area contributed by atoms with Gasteiger partial charge in [0, 0.05) is 0 Å². The molecule has 2 N–H and O–H groups in total. The molecular weight excluding hydrogens is 262 g/mol. The van der Waals surface area contributed by atoms with Gasteiger partial charge in [0.15, 0.2) is 5.76 Å². The van der Waals surface area contributed by atoms with Crippen LogP contribution in [-0.4, -0.2) is 24.1 Å². The molecule has 104 valence electrons. The molecule has 7 nitrogen and oxygen atoms in total. The lowest BCUT2D eigenvalue weighted by Gasteiger charge is -2.02. The van der Waals surface area contributed by atoms with Crippen molar-refractivity contribution in [2.24, 2.45) is 5.10 Å². The average Bonchev–Trinajstić information content (AvgIpc) is 3.14. The summed E-state index contributed by atoms with van der Waals surface area (Å²) in [5.74, 6) is -0.203. The van der Waals surface area contributed by atoms with E-state index in [1.54, 1.807) is 25.1 Å². The third kappa shape index (κ3) is 3.58. The molecule has 0 aliphatic carbocycles. The summed E-state index contributed by atoms with van der Waals surface area (Å²) in [6, 6.07) is 6.54. The number of nitrogens with zero attached hydrogens (tertiary/aromatic N) is 1. The molecule has 0 spiro atoms. The zero-order valence-electron chi connectivity index (χ0n) is 10.8. The molecule has 2 rings (SSSR count). The molecule has 0 aliphatic rings. The van der Waals surface area contributed by atoms with E-state index >= 15 is 0 Å². The number of hydrogen-bond donors (Lipinski definition) is 2. The third-order valence-corrected chi connectivity index (χ3v) is 2.38. The number of carbonyl (C=O) groups excluding carboxylic acids is 2. The van der Waals surface area contributed by atoms with Gasteiger partial charge < -0.3 is 14.2 Å². The maximum Gasteiger partial charge on any atom is 0.287 e. The molecule has 0 saturated carbocycles. The molecule has 0 radical (unpaired) electrons. The molecule has 0 fully saturated rings. The Balaban J connectivity index is 1.79. The Morgan fingerprint density at radius 2 is 1.80 bits per heavy atom. The van der Waals surface area contributed by atoms with Crippen LogP contribution in [0.3, 0.4) is 0 Å². The molecule has 0 aromatic carbocycles. The van der Waals surface area contributed by atoms with Gasteiger partial charge >= 0.3 is 0 Å². The number of nitrogens with one attached hydrogen (secondary N) is 2. The van der Waals surface area contributed by atoms with Crippen LogP contribution in [0.5, 0.6) is 0 Å². The van der Waals surface area contributed by atoms with E-state index in [9.17, 15) is 9.59 Å². The predicted octanol–water partition coefficient (Wildman–Crippen LogP) is 1.14. The van der Waals surface area contributed by atoms with E-state index in [4.69, 9.17) is 8.83 Å². The van der Waals surface area contributed by atoms with Gasteiger partial charge in [-0.15, -0.1) is 0 Å². The summed E-state index contributed by atoms with van der Waals surface area (Å²) >= 11 is 0. The highest BCUT2D eigenvalue weighted by atomic mass is 16.3. The van der Waals surface area contributed by atoms with Crippen LogP contribution in [-0.2, 0) is 4.79 Å². The van der Waals surface area contributed by atoms with Crippen LogP contribution in [0.15, 0.2) is 50.7 Å². The molecule has 2 aromatic rings. The first kappa shape index (κ1) is 13.6. The summed E-state index contributed by atoms with van der Waals surface area (Å²) in [5.41, 5.74) is 2.84. The number of hydrazone groups is 1. The number of amides is 2. The quantitative estimate of drug-likeness (QED) is 0.631. The Bertz CT molecular complexity index is 600. The fourth-order valence-electron chi connectivity index (χ4n) is 1.38. The largest absolute Gasteiger partial charge is 0.463 e. The van der Waals surface area contributed by atoms with Crippen LogP contribution in [0.4, 0.5) is 0 Å². The minimum absolute atomic E-state index is 0.146. The van der Waals surface area contributed by atoms with E-state index in [0.717, 1.165) is 0 Å². The molecule has 0 atom stereocenters. The topological polar surface area (TPSA) is 96.8 Å². The molecule has 0 bridgehead atoms. The molecule has 7 heteroatoms.